The second-order valence-corrected chi connectivity index (χ2v) is 6.35. The van der Waals surface area contributed by atoms with Gasteiger partial charge in [-0.3, -0.25) is 0 Å². The summed E-state index contributed by atoms with van der Waals surface area (Å²) < 4.78 is 4.54. The molecule has 0 aliphatic heterocycles. The van der Waals surface area contributed by atoms with Gasteiger partial charge in [0.15, 0.2) is 0 Å². The molecule has 0 fully saturated rings. The van der Waals surface area contributed by atoms with Crippen molar-refractivity contribution in [2.45, 2.75) is 20.8 Å². The van der Waals surface area contributed by atoms with Gasteiger partial charge in [0.2, 0.25) is 0 Å². The Labute approximate surface area is 135 Å². The molecule has 2 aromatic carbocycles. The van der Waals surface area contributed by atoms with Crippen molar-refractivity contribution in [1.82, 2.24) is 9.13 Å². The van der Waals surface area contributed by atoms with E-state index in [1.54, 1.807) is 0 Å². The molecule has 0 saturated heterocycles. The summed E-state index contributed by atoms with van der Waals surface area (Å²) in [5.41, 5.74) is 15.7. The van der Waals surface area contributed by atoms with E-state index in [-0.39, 0.29) is 0 Å². The van der Waals surface area contributed by atoms with Crippen molar-refractivity contribution >= 4 is 27.6 Å². The standard InChI is InChI=1S/C20H21N3/c1-12-8-7-9-13(2)18(12)23-16-11-6-5-10-15(16)19-20(23)17(21)14(3)22(19)4/h5-11H,21H2,1-4H3. The zero-order valence-corrected chi connectivity index (χ0v) is 14.0. The maximum absolute atomic E-state index is 6.50. The molecule has 23 heavy (non-hydrogen) atoms. The minimum Gasteiger partial charge on any atom is -0.396 e. The number of nitrogens with zero attached hydrogens (tertiary/aromatic N) is 2. The molecule has 2 aromatic heterocycles. The highest BCUT2D eigenvalue weighted by Crippen LogP contribution is 2.39. The Morgan fingerprint density at radius 2 is 1.48 bits per heavy atom. The largest absolute Gasteiger partial charge is 0.396 e. The van der Waals surface area contributed by atoms with Crippen LogP contribution in [0.4, 0.5) is 5.69 Å². The van der Waals surface area contributed by atoms with E-state index >= 15 is 0 Å². The fourth-order valence-electron chi connectivity index (χ4n) is 3.72. The number of para-hydroxylation sites is 2. The number of nitrogens with two attached hydrogens (primary N) is 1. The van der Waals surface area contributed by atoms with Crippen LogP contribution in [0.25, 0.3) is 27.6 Å². The molecule has 4 aromatic rings. The van der Waals surface area contributed by atoms with Crippen molar-refractivity contribution in [3.05, 3.63) is 59.3 Å². The first-order valence-corrected chi connectivity index (χ1v) is 7.93. The quantitative estimate of drug-likeness (QED) is 0.547. The van der Waals surface area contributed by atoms with Gasteiger partial charge in [0.1, 0.15) is 0 Å². The van der Waals surface area contributed by atoms with Crippen molar-refractivity contribution < 1.29 is 0 Å². The second kappa shape index (κ2) is 4.66. The fraction of sp³-hybridized carbons (Fsp3) is 0.200. The van der Waals surface area contributed by atoms with Crippen LogP contribution in [0, 0.1) is 20.8 Å². The van der Waals surface area contributed by atoms with Crippen LogP contribution in [0.1, 0.15) is 16.8 Å². The molecule has 0 unspecified atom stereocenters. The van der Waals surface area contributed by atoms with Gasteiger partial charge in [-0.2, -0.15) is 0 Å². The third kappa shape index (κ3) is 1.70. The number of anilines is 1. The molecule has 116 valence electrons. The van der Waals surface area contributed by atoms with Crippen LogP contribution in [0.15, 0.2) is 42.5 Å². The van der Waals surface area contributed by atoms with E-state index < -0.39 is 0 Å². The van der Waals surface area contributed by atoms with E-state index in [9.17, 15) is 0 Å². The van der Waals surface area contributed by atoms with Gasteiger partial charge in [0.25, 0.3) is 0 Å². The molecular weight excluding hydrogens is 282 g/mol. The van der Waals surface area contributed by atoms with E-state index in [1.165, 1.54) is 33.2 Å². The van der Waals surface area contributed by atoms with Crippen molar-refractivity contribution in [3.8, 4) is 5.69 Å². The number of benzene rings is 2. The van der Waals surface area contributed by atoms with Crippen LogP contribution in [-0.4, -0.2) is 9.13 Å². The predicted molar refractivity (Wildman–Crippen MR) is 98.4 cm³/mol. The van der Waals surface area contributed by atoms with Crippen molar-refractivity contribution in [2.24, 2.45) is 7.05 Å². The summed E-state index contributed by atoms with van der Waals surface area (Å²) >= 11 is 0. The Kier molecular flexibility index (Phi) is 2.82. The molecule has 0 saturated carbocycles. The summed E-state index contributed by atoms with van der Waals surface area (Å²) in [6, 6.07) is 15.0. The third-order valence-electron chi connectivity index (χ3n) is 4.99. The summed E-state index contributed by atoms with van der Waals surface area (Å²) in [6.45, 7) is 6.41. The molecule has 0 radical (unpaired) electrons. The summed E-state index contributed by atoms with van der Waals surface area (Å²) in [6.07, 6.45) is 0. The maximum atomic E-state index is 6.50. The Morgan fingerprint density at radius 1 is 0.826 bits per heavy atom. The normalized spacial score (nSPS) is 11.7. The van der Waals surface area contributed by atoms with Crippen LogP contribution in [0.5, 0.6) is 0 Å². The van der Waals surface area contributed by atoms with E-state index in [0.717, 1.165) is 16.9 Å². The SMILES string of the molecule is Cc1cccc(C)c1-n1c2ccccc2c2c1c(N)c(C)n2C. The second-order valence-electron chi connectivity index (χ2n) is 6.35. The lowest BCUT2D eigenvalue weighted by atomic mass is 10.1. The van der Waals surface area contributed by atoms with E-state index in [0.29, 0.717) is 0 Å². The summed E-state index contributed by atoms with van der Waals surface area (Å²) in [4.78, 5) is 0. The highest BCUT2D eigenvalue weighted by atomic mass is 15.1. The molecule has 0 bridgehead atoms. The number of rotatable bonds is 1. The van der Waals surface area contributed by atoms with Crippen LogP contribution < -0.4 is 5.73 Å². The average Bonchev–Trinajstić information content (AvgIpc) is 2.98. The fourth-order valence-corrected chi connectivity index (χ4v) is 3.72. The molecule has 2 heterocycles. The monoisotopic (exact) mass is 303 g/mol. The topological polar surface area (TPSA) is 35.9 Å². The van der Waals surface area contributed by atoms with E-state index in [4.69, 9.17) is 5.73 Å². The summed E-state index contributed by atoms with van der Waals surface area (Å²) in [7, 11) is 2.09. The molecule has 0 aliphatic carbocycles. The lowest BCUT2D eigenvalue weighted by Crippen LogP contribution is -2.01. The van der Waals surface area contributed by atoms with Gasteiger partial charge in [0, 0.05) is 18.1 Å². The highest BCUT2D eigenvalue weighted by Gasteiger charge is 2.21. The zero-order valence-electron chi connectivity index (χ0n) is 14.0. The molecule has 0 aliphatic rings. The van der Waals surface area contributed by atoms with Crippen LogP contribution in [0.3, 0.4) is 0 Å². The van der Waals surface area contributed by atoms with Gasteiger partial charge in [0.05, 0.1) is 27.9 Å². The van der Waals surface area contributed by atoms with E-state index in [2.05, 4.69) is 79.4 Å². The van der Waals surface area contributed by atoms with Crippen LogP contribution >= 0.6 is 0 Å². The highest BCUT2D eigenvalue weighted by molar-refractivity contribution is 6.12. The van der Waals surface area contributed by atoms with Crippen molar-refractivity contribution in [2.75, 3.05) is 5.73 Å². The van der Waals surface area contributed by atoms with Crippen LogP contribution in [-0.2, 0) is 7.05 Å². The van der Waals surface area contributed by atoms with Gasteiger partial charge in [-0.15, -0.1) is 0 Å². The number of hydrogen-bond acceptors (Lipinski definition) is 1. The van der Waals surface area contributed by atoms with Gasteiger partial charge in [-0.1, -0.05) is 36.4 Å². The molecule has 3 heteroatoms. The third-order valence-corrected chi connectivity index (χ3v) is 4.99. The molecule has 3 nitrogen and oxygen atoms in total. The first-order valence-electron chi connectivity index (χ1n) is 7.93. The first-order chi connectivity index (χ1) is 11.0. The smallest absolute Gasteiger partial charge is 0.0956 e. The maximum Gasteiger partial charge on any atom is 0.0956 e. The zero-order chi connectivity index (χ0) is 16.3. The molecule has 0 spiro atoms. The molecule has 4 rings (SSSR count). The van der Waals surface area contributed by atoms with Gasteiger partial charge < -0.3 is 14.9 Å². The Hall–Kier alpha value is -2.68. The first kappa shape index (κ1) is 13.9. The minimum absolute atomic E-state index is 0.862. The number of fused-ring (bicyclic) bond motifs is 3. The lowest BCUT2D eigenvalue weighted by molar-refractivity contribution is 0.924. The summed E-state index contributed by atoms with van der Waals surface area (Å²) in [5, 5.41) is 1.24. The van der Waals surface area contributed by atoms with Crippen LogP contribution in [0.2, 0.25) is 0 Å². The van der Waals surface area contributed by atoms with E-state index in [1.807, 2.05) is 0 Å². The Bertz CT molecular complexity index is 1040. The molecular formula is C20H21N3. The number of aromatic nitrogens is 2. The molecule has 0 atom stereocenters. The van der Waals surface area contributed by atoms with Gasteiger partial charge in [-0.25, -0.2) is 0 Å². The minimum atomic E-state index is 0.862. The number of nitrogen functional groups attached to an aromatic ring is 1. The number of hydrogen-bond donors (Lipinski definition) is 1. The average molecular weight is 303 g/mol. The van der Waals surface area contributed by atoms with Gasteiger partial charge >= 0.3 is 0 Å². The predicted octanol–water partition coefficient (Wildman–Crippen LogP) is 4.63. The molecule has 2 N–H and O–H groups in total. The Morgan fingerprint density at radius 3 is 2.17 bits per heavy atom. The molecule has 0 amide bonds. The summed E-state index contributed by atoms with van der Waals surface area (Å²) in [5.74, 6) is 0. The lowest BCUT2D eigenvalue weighted by Gasteiger charge is -2.14. The van der Waals surface area contributed by atoms with Crippen molar-refractivity contribution in [3.63, 3.8) is 0 Å². The van der Waals surface area contributed by atoms with Gasteiger partial charge in [-0.05, 0) is 38.0 Å². The Balaban J connectivity index is 2.32. The van der Waals surface area contributed by atoms with Crippen molar-refractivity contribution in [1.29, 1.82) is 0 Å². The number of aryl methyl sites for hydroxylation is 3.